The summed E-state index contributed by atoms with van der Waals surface area (Å²) in [6.07, 6.45) is 1.78. The van der Waals surface area contributed by atoms with Crippen molar-refractivity contribution in [3.8, 4) is 0 Å². The van der Waals surface area contributed by atoms with Crippen LogP contribution < -0.4 is 4.90 Å². The van der Waals surface area contributed by atoms with E-state index < -0.39 is 30.3 Å². The first-order valence-corrected chi connectivity index (χ1v) is 7.40. The van der Waals surface area contributed by atoms with Gasteiger partial charge >= 0.3 is 0 Å². The Labute approximate surface area is 132 Å². The monoisotopic (exact) mass is 323 g/mol. The zero-order valence-electron chi connectivity index (χ0n) is 13.0. The van der Waals surface area contributed by atoms with Crippen LogP contribution in [0.2, 0.25) is 0 Å². The maximum Gasteiger partial charge on any atom is 0.165 e. The number of aliphatic hydroxyl groups excluding tert-OH is 3. The third-order valence-electron chi connectivity index (χ3n) is 4.57. The molecule has 0 saturated heterocycles. The number of nitrogens with zero attached hydrogens (tertiary/aromatic N) is 5. The van der Waals surface area contributed by atoms with Gasteiger partial charge in [-0.1, -0.05) is 0 Å². The number of fused-ring (bicyclic) bond motifs is 1. The van der Waals surface area contributed by atoms with E-state index in [9.17, 15) is 20.4 Å². The number of hydrogen-bond acceptors (Lipinski definition) is 8. The summed E-state index contributed by atoms with van der Waals surface area (Å²) in [5.74, 6) is 0.219. The first kappa shape index (κ1) is 16.1. The molecule has 9 heteroatoms. The summed E-state index contributed by atoms with van der Waals surface area (Å²) in [5.41, 5.74) is -0.569. The van der Waals surface area contributed by atoms with Crippen LogP contribution in [0, 0.1) is 5.92 Å². The molecule has 0 aromatic carbocycles. The van der Waals surface area contributed by atoms with Crippen LogP contribution in [0.4, 0.5) is 5.82 Å². The van der Waals surface area contributed by atoms with E-state index >= 15 is 0 Å². The fourth-order valence-electron chi connectivity index (χ4n) is 3.37. The molecule has 1 fully saturated rings. The Morgan fingerprint density at radius 2 is 2.04 bits per heavy atom. The Balaban J connectivity index is 2.11. The molecule has 0 unspecified atom stereocenters. The summed E-state index contributed by atoms with van der Waals surface area (Å²) in [7, 11) is 3.68. The quantitative estimate of drug-likeness (QED) is 0.537. The van der Waals surface area contributed by atoms with Gasteiger partial charge in [-0.05, 0) is 6.42 Å². The van der Waals surface area contributed by atoms with Crippen LogP contribution in [0.5, 0.6) is 0 Å². The smallest absolute Gasteiger partial charge is 0.165 e. The maximum atomic E-state index is 10.5. The molecule has 1 aliphatic carbocycles. The summed E-state index contributed by atoms with van der Waals surface area (Å²) >= 11 is 0. The standard InChI is InChI=1S/C14H21N5O4/c1-18(2)12-9-13(16-6-15-12)19(7-17-9)10-8(4-20)3-14(23,5-21)11(10)22/h6-8,10-11,20-23H,3-5H2,1-2H3/t8-,10+,11-,14+/m1/s1. The van der Waals surface area contributed by atoms with Gasteiger partial charge in [-0.25, -0.2) is 15.0 Å². The second kappa shape index (κ2) is 5.68. The van der Waals surface area contributed by atoms with E-state index in [1.165, 1.54) is 12.7 Å². The first-order valence-electron chi connectivity index (χ1n) is 7.40. The van der Waals surface area contributed by atoms with Gasteiger partial charge in [0, 0.05) is 26.6 Å². The molecule has 0 spiro atoms. The molecule has 4 atom stereocenters. The zero-order chi connectivity index (χ0) is 16.8. The highest BCUT2D eigenvalue weighted by Crippen LogP contribution is 2.43. The van der Waals surface area contributed by atoms with Gasteiger partial charge in [-0.3, -0.25) is 0 Å². The molecule has 2 heterocycles. The van der Waals surface area contributed by atoms with Crippen molar-refractivity contribution in [3.63, 3.8) is 0 Å². The van der Waals surface area contributed by atoms with E-state index in [2.05, 4.69) is 15.0 Å². The summed E-state index contributed by atoms with van der Waals surface area (Å²) in [6.45, 7) is -0.805. The Hall–Kier alpha value is -1.81. The SMILES string of the molecule is CN(C)c1ncnc2c1ncn2[C@H]1[C@@H](CO)C[C@](O)(CO)[C@@H]1O. The molecule has 0 radical (unpaired) electrons. The number of anilines is 1. The Kier molecular flexibility index (Phi) is 3.96. The summed E-state index contributed by atoms with van der Waals surface area (Å²) in [5, 5.41) is 39.9. The minimum atomic E-state index is -1.65. The van der Waals surface area contributed by atoms with E-state index in [-0.39, 0.29) is 13.0 Å². The van der Waals surface area contributed by atoms with E-state index in [1.807, 2.05) is 14.1 Å². The van der Waals surface area contributed by atoms with Crippen LogP contribution in [-0.2, 0) is 0 Å². The van der Waals surface area contributed by atoms with Crippen molar-refractivity contribution in [1.29, 1.82) is 0 Å². The van der Waals surface area contributed by atoms with Crippen LogP contribution >= 0.6 is 0 Å². The van der Waals surface area contributed by atoms with Crippen molar-refractivity contribution in [2.24, 2.45) is 5.92 Å². The van der Waals surface area contributed by atoms with Gasteiger partial charge in [0.1, 0.15) is 18.0 Å². The van der Waals surface area contributed by atoms with Gasteiger partial charge in [0.2, 0.25) is 0 Å². The van der Waals surface area contributed by atoms with Gasteiger partial charge in [-0.2, -0.15) is 0 Å². The Morgan fingerprint density at radius 3 is 2.65 bits per heavy atom. The fraction of sp³-hybridized carbons (Fsp3) is 0.643. The molecule has 1 saturated carbocycles. The van der Waals surface area contributed by atoms with Crippen LogP contribution in [-0.4, -0.2) is 79.0 Å². The lowest BCUT2D eigenvalue weighted by Crippen LogP contribution is -2.43. The number of rotatable bonds is 4. The van der Waals surface area contributed by atoms with Crippen molar-refractivity contribution in [3.05, 3.63) is 12.7 Å². The summed E-state index contributed by atoms with van der Waals surface area (Å²) in [4.78, 5) is 14.5. The molecular weight excluding hydrogens is 302 g/mol. The highest BCUT2D eigenvalue weighted by Gasteiger charge is 2.52. The fourth-order valence-corrected chi connectivity index (χ4v) is 3.37. The van der Waals surface area contributed by atoms with E-state index in [4.69, 9.17) is 0 Å². The van der Waals surface area contributed by atoms with Crippen LogP contribution in [0.1, 0.15) is 12.5 Å². The molecule has 9 nitrogen and oxygen atoms in total. The highest BCUT2D eigenvalue weighted by atomic mass is 16.4. The van der Waals surface area contributed by atoms with Crippen molar-refractivity contribution >= 4 is 17.0 Å². The van der Waals surface area contributed by atoms with Gasteiger partial charge in [0.25, 0.3) is 0 Å². The van der Waals surface area contributed by atoms with Crippen LogP contribution in [0.25, 0.3) is 11.2 Å². The summed E-state index contributed by atoms with van der Waals surface area (Å²) < 4.78 is 1.64. The molecule has 4 N–H and O–H groups in total. The normalized spacial score (nSPS) is 31.0. The molecule has 23 heavy (non-hydrogen) atoms. The topological polar surface area (TPSA) is 128 Å². The predicted octanol–water partition coefficient (Wildman–Crippen LogP) is -1.47. The molecule has 126 valence electrons. The maximum absolute atomic E-state index is 10.5. The van der Waals surface area contributed by atoms with Crippen molar-refractivity contribution in [1.82, 2.24) is 19.5 Å². The molecule has 0 aliphatic heterocycles. The minimum absolute atomic E-state index is 0.0944. The Morgan fingerprint density at radius 1 is 1.30 bits per heavy atom. The molecule has 0 amide bonds. The van der Waals surface area contributed by atoms with Crippen molar-refractivity contribution in [2.45, 2.75) is 24.2 Å². The predicted molar refractivity (Wildman–Crippen MR) is 81.9 cm³/mol. The van der Waals surface area contributed by atoms with Crippen LogP contribution in [0.3, 0.4) is 0 Å². The van der Waals surface area contributed by atoms with Gasteiger partial charge < -0.3 is 29.9 Å². The third-order valence-corrected chi connectivity index (χ3v) is 4.57. The summed E-state index contributed by atoms with van der Waals surface area (Å²) in [6, 6.07) is -0.632. The van der Waals surface area contributed by atoms with E-state index in [0.29, 0.717) is 17.0 Å². The lowest BCUT2D eigenvalue weighted by Gasteiger charge is -2.27. The van der Waals surface area contributed by atoms with Crippen molar-refractivity contribution < 1.29 is 20.4 Å². The lowest BCUT2D eigenvalue weighted by atomic mass is 10.0. The first-order chi connectivity index (χ1) is 10.9. The zero-order valence-corrected chi connectivity index (χ0v) is 13.0. The average molecular weight is 323 g/mol. The molecule has 0 bridgehead atoms. The number of imidazole rings is 1. The Bertz CT molecular complexity index is 706. The lowest BCUT2D eigenvalue weighted by molar-refractivity contribution is -0.0944. The van der Waals surface area contributed by atoms with Gasteiger partial charge in [0.15, 0.2) is 17.0 Å². The van der Waals surface area contributed by atoms with E-state index in [1.54, 1.807) is 9.47 Å². The third kappa shape index (κ3) is 2.36. The van der Waals surface area contributed by atoms with Crippen LogP contribution in [0.15, 0.2) is 12.7 Å². The second-order valence-electron chi connectivity index (χ2n) is 6.26. The average Bonchev–Trinajstić information content (AvgIpc) is 3.07. The van der Waals surface area contributed by atoms with Crippen molar-refractivity contribution in [2.75, 3.05) is 32.2 Å². The molecule has 1 aliphatic rings. The van der Waals surface area contributed by atoms with Gasteiger partial charge in [-0.15, -0.1) is 0 Å². The molecular formula is C14H21N5O4. The molecule has 3 rings (SSSR count). The molecule has 2 aromatic heterocycles. The minimum Gasteiger partial charge on any atom is -0.396 e. The second-order valence-corrected chi connectivity index (χ2v) is 6.26. The largest absolute Gasteiger partial charge is 0.396 e. The van der Waals surface area contributed by atoms with Gasteiger partial charge in [0.05, 0.1) is 19.0 Å². The number of hydrogen-bond donors (Lipinski definition) is 4. The molecule has 2 aromatic rings. The number of aliphatic hydroxyl groups is 4. The highest BCUT2D eigenvalue weighted by molar-refractivity contribution is 5.83. The number of aromatic nitrogens is 4. The van der Waals surface area contributed by atoms with E-state index in [0.717, 1.165) is 0 Å².